The number of benzene rings is 1. The second-order valence-electron chi connectivity index (χ2n) is 7.38. The Hall–Kier alpha value is -1.48. The van der Waals surface area contributed by atoms with Gasteiger partial charge in [0.15, 0.2) is 5.78 Å². The summed E-state index contributed by atoms with van der Waals surface area (Å²) in [6, 6.07) is 7.93. The smallest absolute Gasteiger partial charge is 0.180 e. The first-order valence-electron chi connectivity index (χ1n) is 9.11. The Labute approximate surface area is 137 Å². The lowest BCUT2D eigenvalue weighted by Gasteiger charge is -2.39. The molecule has 0 heterocycles. The largest absolute Gasteiger partial charge is 0.396 e. The Bertz CT molecular complexity index is 634. The lowest BCUT2D eigenvalue weighted by molar-refractivity contribution is -0.118. The average Bonchev–Trinajstić information content (AvgIpc) is 2.85. The number of Topliss-reactive ketones (excluding diaryl/α,β-unsaturated/α-hetero) is 1. The van der Waals surface area contributed by atoms with Crippen molar-refractivity contribution in [3.05, 3.63) is 29.8 Å². The van der Waals surface area contributed by atoms with Crippen molar-refractivity contribution in [3.8, 4) is 0 Å². The van der Waals surface area contributed by atoms with E-state index in [4.69, 9.17) is 4.99 Å². The first kappa shape index (κ1) is 15.1. The Morgan fingerprint density at radius 2 is 1.78 bits per heavy atom. The molecule has 0 saturated heterocycles. The Balaban J connectivity index is 1.72. The first-order chi connectivity index (χ1) is 11.3. The summed E-state index contributed by atoms with van der Waals surface area (Å²) in [6.45, 7) is 0.118. The molecule has 3 nitrogen and oxygen atoms in total. The molecule has 1 N–H and O–H groups in total. The van der Waals surface area contributed by atoms with Crippen molar-refractivity contribution in [1.29, 1.82) is 0 Å². The third-order valence-electron chi connectivity index (χ3n) is 6.21. The molecule has 0 aliphatic heterocycles. The van der Waals surface area contributed by atoms with Crippen LogP contribution in [0, 0.1) is 23.7 Å². The maximum Gasteiger partial charge on any atom is 0.180 e. The van der Waals surface area contributed by atoms with Gasteiger partial charge in [-0.25, -0.2) is 4.99 Å². The topological polar surface area (TPSA) is 49.7 Å². The van der Waals surface area contributed by atoms with E-state index in [0.717, 1.165) is 35.7 Å². The SMILES string of the molecule is O=C1C(=Nc2ccccc2CCO)C2CCCC3CCCC1C32. The van der Waals surface area contributed by atoms with Crippen LogP contribution in [0.4, 0.5) is 5.69 Å². The minimum absolute atomic E-state index is 0.118. The van der Waals surface area contributed by atoms with Crippen LogP contribution in [0.1, 0.15) is 44.1 Å². The highest BCUT2D eigenvalue weighted by molar-refractivity contribution is 6.44. The van der Waals surface area contributed by atoms with Gasteiger partial charge in [-0.1, -0.05) is 43.9 Å². The second-order valence-corrected chi connectivity index (χ2v) is 7.38. The van der Waals surface area contributed by atoms with Crippen LogP contribution < -0.4 is 0 Å². The van der Waals surface area contributed by atoms with E-state index in [1.807, 2.05) is 24.3 Å². The average molecular weight is 311 g/mol. The number of hydrogen-bond acceptors (Lipinski definition) is 3. The normalized spacial score (nSPS) is 34.7. The van der Waals surface area contributed by atoms with E-state index in [-0.39, 0.29) is 12.5 Å². The second kappa shape index (κ2) is 6.20. The lowest BCUT2D eigenvalue weighted by Crippen LogP contribution is -2.33. The molecule has 3 fully saturated rings. The number of carbonyl (C=O) groups is 1. The Morgan fingerprint density at radius 3 is 2.57 bits per heavy atom. The van der Waals surface area contributed by atoms with Crippen LogP contribution in [0.3, 0.4) is 0 Å². The highest BCUT2D eigenvalue weighted by Gasteiger charge is 2.52. The predicted molar refractivity (Wildman–Crippen MR) is 91.0 cm³/mol. The van der Waals surface area contributed by atoms with Gasteiger partial charge in [0.05, 0.1) is 11.4 Å². The zero-order valence-electron chi connectivity index (χ0n) is 13.6. The minimum Gasteiger partial charge on any atom is -0.396 e. The van der Waals surface area contributed by atoms with E-state index in [2.05, 4.69) is 0 Å². The van der Waals surface area contributed by atoms with Crippen molar-refractivity contribution < 1.29 is 9.90 Å². The molecule has 4 rings (SSSR count). The molecular formula is C20H25NO2. The summed E-state index contributed by atoms with van der Waals surface area (Å²) in [5.74, 6) is 2.26. The summed E-state index contributed by atoms with van der Waals surface area (Å²) < 4.78 is 0. The maximum absolute atomic E-state index is 13.0. The van der Waals surface area contributed by atoms with Crippen molar-refractivity contribution in [2.45, 2.75) is 44.9 Å². The Morgan fingerprint density at radius 1 is 1.04 bits per heavy atom. The Kier molecular flexibility index (Phi) is 4.06. The van der Waals surface area contributed by atoms with E-state index in [0.29, 0.717) is 24.0 Å². The fraction of sp³-hybridized carbons (Fsp3) is 0.600. The quantitative estimate of drug-likeness (QED) is 0.925. The summed E-state index contributed by atoms with van der Waals surface area (Å²) in [5.41, 5.74) is 2.76. The fourth-order valence-electron chi connectivity index (χ4n) is 5.27. The molecule has 0 radical (unpaired) electrons. The van der Waals surface area contributed by atoms with Crippen LogP contribution >= 0.6 is 0 Å². The number of aliphatic hydroxyl groups excluding tert-OH is 1. The van der Waals surface area contributed by atoms with Gasteiger partial charge in [-0.15, -0.1) is 0 Å². The monoisotopic (exact) mass is 311 g/mol. The predicted octanol–water partition coefficient (Wildman–Crippen LogP) is 3.71. The van der Waals surface area contributed by atoms with Crippen molar-refractivity contribution in [2.24, 2.45) is 28.7 Å². The minimum atomic E-state index is 0.118. The summed E-state index contributed by atoms with van der Waals surface area (Å²) in [7, 11) is 0. The van der Waals surface area contributed by atoms with Crippen LogP contribution in [-0.4, -0.2) is 23.2 Å². The number of para-hydroxylation sites is 1. The molecule has 122 valence electrons. The molecule has 3 aliphatic rings. The highest BCUT2D eigenvalue weighted by Crippen LogP contribution is 2.52. The van der Waals surface area contributed by atoms with Gasteiger partial charge in [-0.05, 0) is 42.7 Å². The van der Waals surface area contributed by atoms with Gasteiger partial charge in [0.2, 0.25) is 0 Å². The molecule has 1 aromatic rings. The van der Waals surface area contributed by atoms with Gasteiger partial charge in [0.1, 0.15) is 0 Å². The first-order valence-corrected chi connectivity index (χ1v) is 9.11. The number of nitrogens with zero attached hydrogens (tertiary/aromatic N) is 1. The van der Waals surface area contributed by atoms with Gasteiger partial charge in [0, 0.05) is 18.4 Å². The number of ketones is 1. The fourth-order valence-corrected chi connectivity index (χ4v) is 5.27. The molecule has 3 saturated carbocycles. The number of hydrogen-bond donors (Lipinski definition) is 1. The standard InChI is InChI=1S/C20H25NO2/c22-12-11-13-5-1-2-10-17(13)21-19-15-8-3-6-14-7-4-9-16(18(14)15)20(19)23/h1-2,5,10,14-16,18,22H,3-4,6-9,11-12H2. The van der Waals surface area contributed by atoms with E-state index in [9.17, 15) is 9.90 Å². The lowest BCUT2D eigenvalue weighted by atomic mass is 9.65. The molecule has 3 aliphatic carbocycles. The number of aliphatic imine (C=N–C) groups is 1. The molecule has 0 aromatic heterocycles. The van der Waals surface area contributed by atoms with E-state index in [1.54, 1.807) is 0 Å². The third kappa shape index (κ3) is 2.55. The van der Waals surface area contributed by atoms with E-state index in [1.165, 1.54) is 25.7 Å². The van der Waals surface area contributed by atoms with Crippen molar-refractivity contribution in [2.75, 3.05) is 6.61 Å². The molecule has 3 heteroatoms. The van der Waals surface area contributed by atoms with Gasteiger partial charge >= 0.3 is 0 Å². The number of aliphatic hydroxyl groups is 1. The van der Waals surface area contributed by atoms with Gasteiger partial charge in [-0.3, -0.25) is 4.79 Å². The number of carbonyl (C=O) groups excluding carboxylic acids is 1. The van der Waals surface area contributed by atoms with Crippen molar-refractivity contribution in [3.63, 3.8) is 0 Å². The molecule has 4 atom stereocenters. The zero-order valence-corrected chi connectivity index (χ0v) is 13.6. The van der Waals surface area contributed by atoms with E-state index < -0.39 is 0 Å². The molecule has 4 unspecified atom stereocenters. The van der Waals surface area contributed by atoms with Crippen molar-refractivity contribution >= 4 is 17.2 Å². The molecule has 0 amide bonds. The molecule has 23 heavy (non-hydrogen) atoms. The molecule has 1 aromatic carbocycles. The van der Waals surface area contributed by atoms with Crippen LogP contribution in [0.25, 0.3) is 0 Å². The highest BCUT2D eigenvalue weighted by atomic mass is 16.3. The van der Waals surface area contributed by atoms with Crippen LogP contribution in [0.2, 0.25) is 0 Å². The third-order valence-corrected chi connectivity index (χ3v) is 6.21. The van der Waals surface area contributed by atoms with Gasteiger partial charge in [-0.2, -0.15) is 0 Å². The summed E-state index contributed by atoms with van der Waals surface area (Å²) in [5, 5.41) is 9.25. The molecule has 0 spiro atoms. The summed E-state index contributed by atoms with van der Waals surface area (Å²) >= 11 is 0. The van der Waals surface area contributed by atoms with E-state index >= 15 is 0 Å². The van der Waals surface area contributed by atoms with Gasteiger partial charge in [0.25, 0.3) is 0 Å². The molecule has 0 bridgehead atoms. The van der Waals surface area contributed by atoms with Crippen LogP contribution in [0.5, 0.6) is 0 Å². The maximum atomic E-state index is 13.0. The van der Waals surface area contributed by atoms with Crippen LogP contribution in [0.15, 0.2) is 29.3 Å². The van der Waals surface area contributed by atoms with Gasteiger partial charge < -0.3 is 5.11 Å². The number of rotatable bonds is 3. The zero-order chi connectivity index (χ0) is 15.8. The summed E-state index contributed by atoms with van der Waals surface area (Å²) in [6.07, 6.45) is 7.85. The van der Waals surface area contributed by atoms with Crippen molar-refractivity contribution in [1.82, 2.24) is 0 Å². The molecular weight excluding hydrogens is 286 g/mol. The summed E-state index contributed by atoms with van der Waals surface area (Å²) in [4.78, 5) is 17.8. The van der Waals surface area contributed by atoms with Crippen LogP contribution in [-0.2, 0) is 11.2 Å².